The van der Waals surface area contributed by atoms with Gasteiger partial charge in [0.05, 0.1) is 4.47 Å². The zero-order chi connectivity index (χ0) is 9.42. The van der Waals surface area contributed by atoms with Crippen molar-refractivity contribution in [2.75, 3.05) is 0 Å². The molecule has 1 aromatic carbocycles. The van der Waals surface area contributed by atoms with Crippen LogP contribution in [0.1, 0.15) is 30.0 Å². The lowest BCUT2D eigenvalue weighted by Gasteiger charge is -2.22. The first-order valence-electron chi connectivity index (χ1n) is 4.45. The summed E-state index contributed by atoms with van der Waals surface area (Å²) < 4.78 is 0.739. The summed E-state index contributed by atoms with van der Waals surface area (Å²) in [5, 5.41) is 9.47. The second kappa shape index (κ2) is 3.31. The summed E-state index contributed by atoms with van der Waals surface area (Å²) in [5.41, 5.74) is 8.33. The summed E-state index contributed by atoms with van der Waals surface area (Å²) in [7, 11) is 0. The van der Waals surface area contributed by atoms with Gasteiger partial charge in [-0.1, -0.05) is 0 Å². The van der Waals surface area contributed by atoms with Gasteiger partial charge in [0, 0.05) is 6.04 Å². The SMILES string of the molecule is N[C@H]1CCCc2cc(O)c(Br)cc21. The number of hydrogen-bond donors (Lipinski definition) is 2. The molecule has 2 rings (SSSR count). The van der Waals surface area contributed by atoms with E-state index in [9.17, 15) is 5.11 Å². The van der Waals surface area contributed by atoms with Gasteiger partial charge in [0.25, 0.3) is 0 Å². The number of phenolic OH excluding ortho intramolecular Hbond substituents is 1. The minimum atomic E-state index is 0.139. The molecule has 0 aliphatic heterocycles. The minimum Gasteiger partial charge on any atom is -0.507 e. The Balaban J connectivity index is 2.52. The Labute approximate surface area is 85.9 Å². The zero-order valence-corrected chi connectivity index (χ0v) is 8.84. The molecule has 1 atom stereocenters. The lowest BCUT2D eigenvalue weighted by Crippen LogP contribution is -2.17. The highest BCUT2D eigenvalue weighted by Crippen LogP contribution is 2.35. The van der Waals surface area contributed by atoms with E-state index in [2.05, 4.69) is 15.9 Å². The number of rotatable bonds is 0. The van der Waals surface area contributed by atoms with Gasteiger partial charge < -0.3 is 10.8 Å². The van der Waals surface area contributed by atoms with Gasteiger partial charge in [0.15, 0.2) is 0 Å². The van der Waals surface area contributed by atoms with E-state index >= 15 is 0 Å². The molecule has 0 amide bonds. The third-order valence-corrected chi connectivity index (χ3v) is 3.20. The van der Waals surface area contributed by atoms with Gasteiger partial charge in [0.1, 0.15) is 5.75 Å². The quantitative estimate of drug-likeness (QED) is 0.734. The molecule has 1 aliphatic carbocycles. The van der Waals surface area contributed by atoms with Crippen LogP contribution in [0.5, 0.6) is 5.75 Å². The molecule has 0 fully saturated rings. The third-order valence-electron chi connectivity index (χ3n) is 2.57. The Bertz CT molecular complexity index is 338. The molecule has 0 spiro atoms. The zero-order valence-electron chi connectivity index (χ0n) is 7.26. The highest BCUT2D eigenvalue weighted by molar-refractivity contribution is 9.10. The largest absolute Gasteiger partial charge is 0.507 e. The van der Waals surface area contributed by atoms with Crippen LogP contribution in [0.25, 0.3) is 0 Å². The molecule has 2 nitrogen and oxygen atoms in total. The maximum absolute atomic E-state index is 9.47. The van der Waals surface area contributed by atoms with Crippen molar-refractivity contribution in [1.29, 1.82) is 0 Å². The van der Waals surface area contributed by atoms with Crippen LogP contribution in [0.2, 0.25) is 0 Å². The van der Waals surface area contributed by atoms with Crippen LogP contribution in [-0.2, 0) is 6.42 Å². The second-order valence-electron chi connectivity index (χ2n) is 3.50. The fourth-order valence-electron chi connectivity index (χ4n) is 1.85. The van der Waals surface area contributed by atoms with Crippen molar-refractivity contribution < 1.29 is 5.11 Å². The van der Waals surface area contributed by atoms with Crippen molar-refractivity contribution in [3.05, 3.63) is 27.7 Å². The van der Waals surface area contributed by atoms with E-state index in [0.717, 1.165) is 23.7 Å². The Morgan fingerprint density at radius 3 is 3.00 bits per heavy atom. The third kappa shape index (κ3) is 1.58. The van der Waals surface area contributed by atoms with Gasteiger partial charge in [-0.25, -0.2) is 0 Å². The van der Waals surface area contributed by atoms with Crippen LogP contribution in [-0.4, -0.2) is 5.11 Å². The maximum atomic E-state index is 9.47. The Morgan fingerprint density at radius 2 is 2.23 bits per heavy atom. The predicted molar refractivity (Wildman–Crippen MR) is 55.7 cm³/mol. The number of fused-ring (bicyclic) bond motifs is 1. The molecule has 3 heteroatoms. The number of hydrogen-bond acceptors (Lipinski definition) is 2. The topological polar surface area (TPSA) is 46.2 Å². The highest BCUT2D eigenvalue weighted by atomic mass is 79.9. The van der Waals surface area contributed by atoms with Gasteiger partial charge in [-0.05, 0) is 58.5 Å². The molecule has 0 bridgehead atoms. The molecule has 70 valence electrons. The van der Waals surface area contributed by atoms with E-state index in [1.54, 1.807) is 0 Å². The highest BCUT2D eigenvalue weighted by Gasteiger charge is 2.18. The maximum Gasteiger partial charge on any atom is 0.130 e. The molecule has 0 radical (unpaired) electrons. The van der Waals surface area contributed by atoms with Crippen LogP contribution in [0.3, 0.4) is 0 Å². The van der Waals surface area contributed by atoms with Crippen molar-refractivity contribution in [2.45, 2.75) is 25.3 Å². The van der Waals surface area contributed by atoms with Gasteiger partial charge in [-0.3, -0.25) is 0 Å². The number of aryl methyl sites for hydroxylation is 1. The second-order valence-corrected chi connectivity index (χ2v) is 4.36. The lowest BCUT2D eigenvalue weighted by atomic mass is 9.88. The molecule has 1 aromatic rings. The molecular weight excluding hydrogens is 230 g/mol. The van der Waals surface area contributed by atoms with Gasteiger partial charge in [-0.15, -0.1) is 0 Å². The molecule has 1 aliphatic rings. The summed E-state index contributed by atoms with van der Waals surface area (Å²) in [5.74, 6) is 0.313. The summed E-state index contributed by atoms with van der Waals surface area (Å²) >= 11 is 3.30. The lowest BCUT2D eigenvalue weighted by molar-refractivity contribution is 0.468. The first-order chi connectivity index (χ1) is 6.18. The van der Waals surface area contributed by atoms with E-state index in [1.165, 1.54) is 11.1 Å². The molecule has 0 saturated carbocycles. The Kier molecular flexibility index (Phi) is 2.30. The number of nitrogens with two attached hydrogens (primary N) is 1. The summed E-state index contributed by atoms with van der Waals surface area (Å²) in [6.45, 7) is 0. The first kappa shape index (κ1) is 9.03. The van der Waals surface area contributed by atoms with Gasteiger partial charge >= 0.3 is 0 Å². The first-order valence-corrected chi connectivity index (χ1v) is 5.24. The van der Waals surface area contributed by atoms with Crippen LogP contribution >= 0.6 is 15.9 Å². The van der Waals surface area contributed by atoms with Crippen molar-refractivity contribution in [2.24, 2.45) is 5.73 Å². The van der Waals surface area contributed by atoms with E-state index in [1.807, 2.05) is 12.1 Å². The Morgan fingerprint density at radius 1 is 1.46 bits per heavy atom. The van der Waals surface area contributed by atoms with E-state index in [-0.39, 0.29) is 6.04 Å². The summed E-state index contributed by atoms with van der Waals surface area (Å²) in [4.78, 5) is 0. The fourth-order valence-corrected chi connectivity index (χ4v) is 2.21. The minimum absolute atomic E-state index is 0.139. The van der Waals surface area contributed by atoms with E-state index < -0.39 is 0 Å². The monoisotopic (exact) mass is 241 g/mol. The van der Waals surface area contributed by atoms with Crippen molar-refractivity contribution in [1.82, 2.24) is 0 Å². The number of halogens is 1. The summed E-state index contributed by atoms with van der Waals surface area (Å²) in [6, 6.07) is 3.90. The molecule has 13 heavy (non-hydrogen) atoms. The number of benzene rings is 1. The fraction of sp³-hybridized carbons (Fsp3) is 0.400. The molecule has 0 aromatic heterocycles. The standard InChI is InChI=1S/C10H12BrNO/c11-8-5-7-6(4-10(8)13)2-1-3-9(7)12/h4-5,9,13H,1-3,12H2/t9-/m0/s1. The smallest absolute Gasteiger partial charge is 0.130 e. The average molecular weight is 242 g/mol. The number of aromatic hydroxyl groups is 1. The van der Waals surface area contributed by atoms with Crippen LogP contribution in [0.4, 0.5) is 0 Å². The van der Waals surface area contributed by atoms with E-state index in [0.29, 0.717) is 5.75 Å². The molecule has 0 heterocycles. The van der Waals surface area contributed by atoms with Crippen molar-refractivity contribution >= 4 is 15.9 Å². The average Bonchev–Trinajstić information content (AvgIpc) is 2.09. The molecular formula is C10H12BrNO. The van der Waals surface area contributed by atoms with E-state index in [4.69, 9.17) is 5.73 Å². The molecule has 3 N–H and O–H groups in total. The number of phenols is 1. The van der Waals surface area contributed by atoms with Crippen molar-refractivity contribution in [3.63, 3.8) is 0 Å². The molecule has 0 unspecified atom stereocenters. The van der Waals surface area contributed by atoms with Gasteiger partial charge in [0.2, 0.25) is 0 Å². The predicted octanol–water partition coefficient (Wildman–Crippen LogP) is 2.49. The van der Waals surface area contributed by atoms with Crippen LogP contribution in [0, 0.1) is 0 Å². The van der Waals surface area contributed by atoms with Crippen molar-refractivity contribution in [3.8, 4) is 5.75 Å². The molecule has 0 saturated heterocycles. The Hall–Kier alpha value is -0.540. The van der Waals surface area contributed by atoms with Crippen LogP contribution in [0.15, 0.2) is 16.6 Å². The normalized spacial score (nSPS) is 21.2. The van der Waals surface area contributed by atoms with Crippen LogP contribution < -0.4 is 5.73 Å². The summed E-state index contributed by atoms with van der Waals surface area (Å²) in [6.07, 6.45) is 3.20. The van der Waals surface area contributed by atoms with Gasteiger partial charge in [-0.2, -0.15) is 0 Å².